The largest absolute Gasteiger partial charge is 0.494 e. The third kappa shape index (κ3) is 5.50. The van der Waals surface area contributed by atoms with E-state index in [1.807, 2.05) is 31.2 Å². The summed E-state index contributed by atoms with van der Waals surface area (Å²) < 4.78 is 15.9. The zero-order valence-corrected chi connectivity index (χ0v) is 13.8. The van der Waals surface area contributed by atoms with Crippen LogP contribution in [0, 0.1) is 5.92 Å². The topological polar surface area (TPSA) is 99.9 Å². The molecule has 2 atom stereocenters. The first kappa shape index (κ1) is 18.2. The fraction of sp³-hybridized carbons (Fsp3) is 0.529. The van der Waals surface area contributed by atoms with Crippen LogP contribution < -0.4 is 15.8 Å². The second-order valence-corrected chi connectivity index (χ2v) is 5.56. The molecule has 0 saturated carbocycles. The fourth-order valence-electron chi connectivity index (χ4n) is 2.42. The van der Waals surface area contributed by atoms with Crippen molar-refractivity contribution in [3.05, 3.63) is 29.8 Å². The standard InChI is InChI=1S/C17H24N2O5/c1-2-23-14-5-3-12(4-6-14)9-13(16(18)20)10-19-17(21)15-11-22-7-8-24-15/h3-6,13,15H,2,7-11H2,1H3,(H2,18,20)(H,19,21)/t13-,15-/m1/s1. The Balaban J connectivity index is 1.87. The molecule has 1 aliphatic rings. The average molecular weight is 336 g/mol. The molecule has 0 bridgehead atoms. The Morgan fingerprint density at radius 1 is 1.33 bits per heavy atom. The maximum atomic E-state index is 12.0. The molecule has 1 aromatic carbocycles. The molecule has 7 heteroatoms. The Morgan fingerprint density at radius 2 is 2.08 bits per heavy atom. The summed E-state index contributed by atoms with van der Waals surface area (Å²) in [5.74, 6) is -0.450. The molecular weight excluding hydrogens is 312 g/mol. The normalized spacial score (nSPS) is 18.6. The van der Waals surface area contributed by atoms with Gasteiger partial charge in [-0.15, -0.1) is 0 Å². The van der Waals surface area contributed by atoms with E-state index in [1.165, 1.54) is 0 Å². The van der Waals surface area contributed by atoms with Crippen molar-refractivity contribution < 1.29 is 23.8 Å². The van der Waals surface area contributed by atoms with E-state index >= 15 is 0 Å². The van der Waals surface area contributed by atoms with E-state index in [2.05, 4.69) is 5.32 Å². The van der Waals surface area contributed by atoms with E-state index in [0.717, 1.165) is 11.3 Å². The lowest BCUT2D eigenvalue weighted by molar-refractivity contribution is -0.147. The Kier molecular flexibility index (Phi) is 7.02. The van der Waals surface area contributed by atoms with Crippen LogP contribution in [0.3, 0.4) is 0 Å². The smallest absolute Gasteiger partial charge is 0.251 e. The number of hydrogen-bond acceptors (Lipinski definition) is 5. The molecule has 1 aromatic rings. The van der Waals surface area contributed by atoms with Gasteiger partial charge in [0.25, 0.3) is 5.91 Å². The van der Waals surface area contributed by atoms with Gasteiger partial charge in [-0.25, -0.2) is 0 Å². The molecule has 2 rings (SSSR count). The molecule has 3 N–H and O–H groups in total. The zero-order chi connectivity index (χ0) is 17.4. The van der Waals surface area contributed by atoms with Crippen LogP contribution in [-0.2, 0) is 25.5 Å². The molecule has 1 fully saturated rings. The van der Waals surface area contributed by atoms with E-state index in [4.69, 9.17) is 19.9 Å². The van der Waals surface area contributed by atoms with Gasteiger partial charge < -0.3 is 25.3 Å². The van der Waals surface area contributed by atoms with Gasteiger partial charge in [-0.1, -0.05) is 12.1 Å². The first-order valence-electron chi connectivity index (χ1n) is 8.08. The highest BCUT2D eigenvalue weighted by molar-refractivity contribution is 5.82. The highest BCUT2D eigenvalue weighted by atomic mass is 16.6. The molecule has 0 radical (unpaired) electrons. The van der Waals surface area contributed by atoms with E-state index in [0.29, 0.717) is 26.2 Å². The Hall–Kier alpha value is -2.12. The number of carbonyl (C=O) groups excluding carboxylic acids is 2. The number of primary amides is 1. The van der Waals surface area contributed by atoms with Crippen molar-refractivity contribution in [1.82, 2.24) is 5.32 Å². The van der Waals surface area contributed by atoms with E-state index in [1.54, 1.807) is 0 Å². The van der Waals surface area contributed by atoms with Crippen molar-refractivity contribution in [1.29, 1.82) is 0 Å². The average Bonchev–Trinajstić information content (AvgIpc) is 2.60. The summed E-state index contributed by atoms with van der Waals surface area (Å²) >= 11 is 0. The molecule has 1 aliphatic heterocycles. The molecule has 0 aromatic heterocycles. The van der Waals surface area contributed by atoms with Gasteiger partial charge in [-0.2, -0.15) is 0 Å². The van der Waals surface area contributed by atoms with Gasteiger partial charge in [0.05, 0.1) is 32.3 Å². The van der Waals surface area contributed by atoms with Crippen molar-refractivity contribution >= 4 is 11.8 Å². The third-order valence-electron chi connectivity index (χ3n) is 3.75. The van der Waals surface area contributed by atoms with Gasteiger partial charge in [0.1, 0.15) is 5.75 Å². The van der Waals surface area contributed by atoms with Gasteiger partial charge >= 0.3 is 0 Å². The minimum atomic E-state index is -0.627. The Bertz CT molecular complexity index is 540. The monoisotopic (exact) mass is 336 g/mol. The van der Waals surface area contributed by atoms with Gasteiger partial charge in [0.2, 0.25) is 5.91 Å². The summed E-state index contributed by atoms with van der Waals surface area (Å²) in [4.78, 5) is 23.7. The fourth-order valence-corrected chi connectivity index (χ4v) is 2.42. The van der Waals surface area contributed by atoms with Crippen molar-refractivity contribution in [2.75, 3.05) is 33.0 Å². The first-order valence-corrected chi connectivity index (χ1v) is 8.08. The number of rotatable bonds is 8. The van der Waals surface area contributed by atoms with Crippen LogP contribution in [0.1, 0.15) is 12.5 Å². The lowest BCUT2D eigenvalue weighted by atomic mass is 9.98. The Labute approximate surface area is 141 Å². The third-order valence-corrected chi connectivity index (χ3v) is 3.75. The second-order valence-electron chi connectivity index (χ2n) is 5.56. The van der Waals surface area contributed by atoms with Crippen molar-refractivity contribution in [3.63, 3.8) is 0 Å². The molecule has 132 valence electrons. The predicted molar refractivity (Wildman–Crippen MR) is 87.6 cm³/mol. The van der Waals surface area contributed by atoms with Crippen molar-refractivity contribution in [3.8, 4) is 5.75 Å². The van der Waals surface area contributed by atoms with Crippen LogP contribution >= 0.6 is 0 Å². The number of ether oxygens (including phenoxy) is 3. The number of carbonyl (C=O) groups is 2. The SMILES string of the molecule is CCOc1ccc(C[C@H](CNC(=O)[C@H]2COCCO2)C(N)=O)cc1. The summed E-state index contributed by atoms with van der Waals surface area (Å²) in [5, 5.41) is 2.72. The number of hydrogen-bond donors (Lipinski definition) is 2. The van der Waals surface area contributed by atoms with Crippen LogP contribution in [0.4, 0.5) is 0 Å². The highest BCUT2D eigenvalue weighted by Gasteiger charge is 2.24. The molecule has 7 nitrogen and oxygen atoms in total. The van der Waals surface area contributed by atoms with Crippen molar-refractivity contribution in [2.24, 2.45) is 11.7 Å². The number of nitrogens with one attached hydrogen (secondary N) is 1. The highest BCUT2D eigenvalue weighted by Crippen LogP contribution is 2.15. The van der Waals surface area contributed by atoms with Gasteiger partial charge in [0, 0.05) is 6.54 Å². The Morgan fingerprint density at radius 3 is 2.67 bits per heavy atom. The summed E-state index contributed by atoms with van der Waals surface area (Å²) in [6, 6.07) is 7.48. The van der Waals surface area contributed by atoms with Gasteiger partial charge in [-0.05, 0) is 31.0 Å². The second kappa shape index (κ2) is 9.24. The molecular formula is C17H24N2O5. The predicted octanol–water partition coefficient (Wildman–Crippen LogP) is 0.261. The molecule has 1 heterocycles. The molecule has 2 amide bonds. The number of benzene rings is 1. The zero-order valence-electron chi connectivity index (χ0n) is 13.8. The summed E-state index contributed by atoms with van der Waals surface area (Å²) in [6.07, 6.45) is -0.179. The van der Waals surface area contributed by atoms with Crippen LogP contribution in [-0.4, -0.2) is 50.9 Å². The first-order chi connectivity index (χ1) is 11.6. The van der Waals surface area contributed by atoms with Crippen molar-refractivity contribution in [2.45, 2.75) is 19.4 Å². The lowest BCUT2D eigenvalue weighted by Gasteiger charge is -2.23. The number of amides is 2. The quantitative estimate of drug-likeness (QED) is 0.709. The summed E-state index contributed by atoms with van der Waals surface area (Å²) in [7, 11) is 0. The van der Waals surface area contributed by atoms with Gasteiger partial charge in [0.15, 0.2) is 6.10 Å². The van der Waals surface area contributed by atoms with Crippen LogP contribution in [0.25, 0.3) is 0 Å². The number of nitrogens with two attached hydrogens (primary N) is 1. The lowest BCUT2D eigenvalue weighted by Crippen LogP contribution is -2.46. The van der Waals surface area contributed by atoms with Crippen LogP contribution in [0.15, 0.2) is 24.3 Å². The minimum Gasteiger partial charge on any atom is -0.494 e. The molecule has 0 unspecified atom stereocenters. The molecule has 1 saturated heterocycles. The van der Waals surface area contributed by atoms with Crippen LogP contribution in [0.5, 0.6) is 5.75 Å². The minimum absolute atomic E-state index is 0.168. The maximum Gasteiger partial charge on any atom is 0.251 e. The summed E-state index contributed by atoms with van der Waals surface area (Å²) in [5.41, 5.74) is 6.41. The van der Waals surface area contributed by atoms with Crippen LogP contribution in [0.2, 0.25) is 0 Å². The molecule has 24 heavy (non-hydrogen) atoms. The maximum absolute atomic E-state index is 12.0. The van der Waals surface area contributed by atoms with E-state index in [-0.39, 0.29) is 19.1 Å². The molecule has 0 aliphatic carbocycles. The van der Waals surface area contributed by atoms with E-state index in [9.17, 15) is 9.59 Å². The summed E-state index contributed by atoms with van der Waals surface area (Å²) in [6.45, 7) is 3.80. The van der Waals surface area contributed by atoms with Gasteiger partial charge in [-0.3, -0.25) is 9.59 Å². The van der Waals surface area contributed by atoms with E-state index < -0.39 is 17.9 Å². The molecule has 0 spiro atoms.